The molecule has 1 atom stereocenters. The van der Waals surface area contributed by atoms with Crippen LogP contribution in [-0.2, 0) is 6.42 Å². The molecule has 0 aromatic heterocycles. The second kappa shape index (κ2) is 7.14. The molecule has 1 saturated heterocycles. The number of hydrogen-bond acceptors (Lipinski definition) is 4. The largest absolute Gasteiger partial charge is 0.368 e. The molecule has 24 heavy (non-hydrogen) atoms. The molecule has 0 radical (unpaired) electrons. The van der Waals surface area contributed by atoms with E-state index in [1.54, 1.807) is 12.1 Å². The summed E-state index contributed by atoms with van der Waals surface area (Å²) in [6, 6.07) is 17.5. The SMILES string of the molecule is N#Cc1cc(N2CCCCC2Cc2ccccc2)ccc1[N+](=O)[O-]. The summed E-state index contributed by atoms with van der Waals surface area (Å²) in [7, 11) is 0. The third kappa shape index (κ3) is 3.38. The smallest absolute Gasteiger partial charge is 0.287 e. The third-order valence-electron chi connectivity index (χ3n) is 4.57. The molecule has 0 saturated carbocycles. The van der Waals surface area contributed by atoms with Crippen LogP contribution < -0.4 is 4.90 Å². The number of nitro groups is 1. The summed E-state index contributed by atoms with van der Waals surface area (Å²) in [6.07, 6.45) is 4.32. The normalized spacial score (nSPS) is 17.3. The molecule has 0 amide bonds. The Bertz CT molecular complexity index is 768. The van der Waals surface area contributed by atoms with Crippen molar-refractivity contribution in [2.75, 3.05) is 11.4 Å². The van der Waals surface area contributed by atoms with Gasteiger partial charge in [-0.05, 0) is 43.4 Å². The quantitative estimate of drug-likeness (QED) is 0.629. The minimum atomic E-state index is -0.500. The van der Waals surface area contributed by atoms with Gasteiger partial charge in [-0.15, -0.1) is 0 Å². The van der Waals surface area contributed by atoms with Crippen LogP contribution in [0.2, 0.25) is 0 Å². The van der Waals surface area contributed by atoms with Crippen LogP contribution in [0.3, 0.4) is 0 Å². The number of hydrogen-bond donors (Lipinski definition) is 0. The van der Waals surface area contributed by atoms with Gasteiger partial charge in [0, 0.05) is 24.3 Å². The maximum absolute atomic E-state index is 11.0. The Morgan fingerprint density at radius 3 is 2.71 bits per heavy atom. The van der Waals surface area contributed by atoms with E-state index in [9.17, 15) is 15.4 Å². The predicted octanol–water partition coefficient (Wildman–Crippen LogP) is 4.07. The van der Waals surface area contributed by atoms with Gasteiger partial charge in [0.25, 0.3) is 5.69 Å². The minimum Gasteiger partial charge on any atom is -0.368 e. The van der Waals surface area contributed by atoms with Crippen LogP contribution in [-0.4, -0.2) is 17.5 Å². The van der Waals surface area contributed by atoms with Crippen molar-refractivity contribution in [1.82, 2.24) is 0 Å². The number of rotatable bonds is 4. The Balaban J connectivity index is 1.88. The Labute approximate surface area is 141 Å². The van der Waals surface area contributed by atoms with Gasteiger partial charge in [0.05, 0.1) is 4.92 Å². The Hall–Kier alpha value is -2.87. The summed E-state index contributed by atoms with van der Waals surface area (Å²) < 4.78 is 0. The molecule has 0 spiro atoms. The zero-order valence-corrected chi connectivity index (χ0v) is 13.4. The summed E-state index contributed by atoms with van der Waals surface area (Å²) >= 11 is 0. The number of nitrogens with zero attached hydrogens (tertiary/aromatic N) is 3. The van der Waals surface area contributed by atoms with Crippen LogP contribution in [0.15, 0.2) is 48.5 Å². The minimum absolute atomic E-state index is 0.126. The fourth-order valence-corrected chi connectivity index (χ4v) is 3.39. The van der Waals surface area contributed by atoms with Crippen LogP contribution in [0.4, 0.5) is 11.4 Å². The first-order valence-electron chi connectivity index (χ1n) is 8.18. The standard InChI is InChI=1S/C19H19N3O2/c20-14-16-13-18(9-10-19(16)22(23)24)21-11-5-4-8-17(21)12-15-6-2-1-3-7-15/h1-3,6-7,9-10,13,17H,4-5,8,11-12H2. The average Bonchev–Trinajstić information content (AvgIpc) is 2.62. The lowest BCUT2D eigenvalue weighted by Crippen LogP contribution is -2.41. The van der Waals surface area contributed by atoms with Gasteiger partial charge in [0.2, 0.25) is 0 Å². The molecule has 0 aliphatic carbocycles. The van der Waals surface area contributed by atoms with Gasteiger partial charge in [-0.2, -0.15) is 5.26 Å². The van der Waals surface area contributed by atoms with Crippen LogP contribution in [0.5, 0.6) is 0 Å². The second-order valence-electron chi connectivity index (χ2n) is 6.10. The number of piperidine rings is 1. The van der Waals surface area contributed by atoms with Crippen LogP contribution in [0.1, 0.15) is 30.4 Å². The van der Waals surface area contributed by atoms with E-state index in [1.807, 2.05) is 24.3 Å². The van der Waals surface area contributed by atoms with Crippen molar-refractivity contribution in [3.63, 3.8) is 0 Å². The zero-order valence-electron chi connectivity index (χ0n) is 13.4. The molecular weight excluding hydrogens is 302 g/mol. The second-order valence-corrected chi connectivity index (χ2v) is 6.10. The lowest BCUT2D eigenvalue weighted by atomic mass is 9.94. The fraction of sp³-hybridized carbons (Fsp3) is 0.316. The van der Waals surface area contributed by atoms with Gasteiger partial charge in [0.15, 0.2) is 0 Å². The molecule has 2 aromatic rings. The first-order chi connectivity index (χ1) is 11.7. The van der Waals surface area contributed by atoms with Crippen LogP contribution in [0, 0.1) is 21.4 Å². The molecule has 2 aromatic carbocycles. The molecule has 122 valence electrons. The van der Waals surface area contributed by atoms with E-state index in [4.69, 9.17) is 0 Å². The molecule has 1 heterocycles. The van der Waals surface area contributed by atoms with Crippen molar-refractivity contribution in [3.8, 4) is 6.07 Å². The van der Waals surface area contributed by atoms with Crippen LogP contribution in [0.25, 0.3) is 0 Å². The molecule has 1 aliphatic rings. The van der Waals surface area contributed by atoms with Gasteiger partial charge in [-0.3, -0.25) is 10.1 Å². The number of nitro benzene ring substituents is 1. The van der Waals surface area contributed by atoms with Crippen molar-refractivity contribution in [2.45, 2.75) is 31.7 Å². The summed E-state index contributed by atoms with van der Waals surface area (Å²) in [5.41, 5.74) is 2.19. The molecule has 1 fully saturated rings. The highest BCUT2D eigenvalue weighted by Gasteiger charge is 2.24. The first kappa shape index (κ1) is 16.0. The molecular formula is C19H19N3O2. The van der Waals surface area contributed by atoms with Gasteiger partial charge >= 0.3 is 0 Å². The molecule has 0 bridgehead atoms. The first-order valence-corrected chi connectivity index (χ1v) is 8.18. The molecule has 1 unspecified atom stereocenters. The topological polar surface area (TPSA) is 70.2 Å². The maximum Gasteiger partial charge on any atom is 0.287 e. The highest BCUT2D eigenvalue weighted by Crippen LogP contribution is 2.30. The van der Waals surface area contributed by atoms with Crippen LogP contribution >= 0.6 is 0 Å². The summed E-state index contributed by atoms with van der Waals surface area (Å²) in [6.45, 7) is 0.917. The number of anilines is 1. The monoisotopic (exact) mass is 321 g/mol. The maximum atomic E-state index is 11.0. The number of benzene rings is 2. The molecule has 1 aliphatic heterocycles. The molecule has 0 N–H and O–H groups in total. The molecule has 5 nitrogen and oxygen atoms in total. The lowest BCUT2D eigenvalue weighted by Gasteiger charge is -2.38. The zero-order chi connectivity index (χ0) is 16.9. The lowest BCUT2D eigenvalue weighted by molar-refractivity contribution is -0.385. The van der Waals surface area contributed by atoms with Gasteiger partial charge in [0.1, 0.15) is 11.6 Å². The molecule has 5 heteroatoms. The highest BCUT2D eigenvalue weighted by atomic mass is 16.6. The summed E-state index contributed by atoms with van der Waals surface area (Å²) in [5.74, 6) is 0. The summed E-state index contributed by atoms with van der Waals surface area (Å²) in [5, 5.41) is 20.2. The van der Waals surface area contributed by atoms with E-state index in [1.165, 1.54) is 18.1 Å². The van der Waals surface area contributed by atoms with Crippen molar-refractivity contribution in [3.05, 3.63) is 69.8 Å². The van der Waals surface area contributed by atoms with Gasteiger partial charge in [-0.25, -0.2) is 0 Å². The van der Waals surface area contributed by atoms with E-state index in [-0.39, 0.29) is 11.3 Å². The Morgan fingerprint density at radius 2 is 2.00 bits per heavy atom. The van der Waals surface area contributed by atoms with Crippen molar-refractivity contribution in [2.24, 2.45) is 0 Å². The average molecular weight is 321 g/mol. The van der Waals surface area contributed by atoms with Gasteiger partial charge < -0.3 is 4.90 Å². The van der Waals surface area contributed by atoms with E-state index in [2.05, 4.69) is 17.0 Å². The third-order valence-corrected chi connectivity index (χ3v) is 4.57. The van der Waals surface area contributed by atoms with Crippen molar-refractivity contribution >= 4 is 11.4 Å². The summed E-state index contributed by atoms with van der Waals surface area (Å²) in [4.78, 5) is 12.8. The van der Waals surface area contributed by atoms with E-state index >= 15 is 0 Å². The highest BCUT2D eigenvalue weighted by molar-refractivity contribution is 5.60. The van der Waals surface area contributed by atoms with E-state index in [0.29, 0.717) is 6.04 Å². The van der Waals surface area contributed by atoms with Crippen molar-refractivity contribution in [1.29, 1.82) is 5.26 Å². The number of nitriles is 1. The molecule has 3 rings (SSSR count). The Morgan fingerprint density at radius 1 is 1.21 bits per heavy atom. The predicted molar refractivity (Wildman–Crippen MR) is 92.9 cm³/mol. The van der Waals surface area contributed by atoms with Crippen molar-refractivity contribution < 1.29 is 4.92 Å². The van der Waals surface area contributed by atoms with E-state index in [0.717, 1.165) is 31.5 Å². The van der Waals surface area contributed by atoms with E-state index < -0.39 is 4.92 Å². The van der Waals surface area contributed by atoms with Gasteiger partial charge in [-0.1, -0.05) is 30.3 Å². The fourth-order valence-electron chi connectivity index (χ4n) is 3.39. The Kier molecular flexibility index (Phi) is 4.76.